The second-order valence-electron chi connectivity index (χ2n) is 6.72. The lowest BCUT2D eigenvalue weighted by Gasteiger charge is -2.21. The van der Waals surface area contributed by atoms with Gasteiger partial charge in [0.05, 0.1) is 11.6 Å². The Morgan fingerprint density at radius 1 is 1.08 bits per heavy atom. The SMILES string of the molecule is Cn1ncc2c(N)nc(NCc3ccc(N4CCCCCC4)nc3)nc21. The third-order valence-corrected chi connectivity index (χ3v) is 4.81. The van der Waals surface area contributed by atoms with Crippen LogP contribution in [0.4, 0.5) is 17.6 Å². The zero-order valence-electron chi connectivity index (χ0n) is 15.0. The van der Waals surface area contributed by atoms with E-state index >= 15 is 0 Å². The van der Waals surface area contributed by atoms with Gasteiger partial charge >= 0.3 is 0 Å². The average molecular weight is 352 g/mol. The molecule has 136 valence electrons. The first kappa shape index (κ1) is 16.6. The van der Waals surface area contributed by atoms with Crippen LogP contribution in [0.1, 0.15) is 31.2 Å². The van der Waals surface area contributed by atoms with Crippen LogP contribution in [0.15, 0.2) is 24.5 Å². The first-order valence-corrected chi connectivity index (χ1v) is 9.10. The molecule has 0 bridgehead atoms. The molecule has 4 rings (SSSR count). The normalized spacial score (nSPS) is 15.2. The molecule has 0 amide bonds. The van der Waals surface area contributed by atoms with Crippen molar-refractivity contribution < 1.29 is 0 Å². The monoisotopic (exact) mass is 352 g/mol. The smallest absolute Gasteiger partial charge is 0.226 e. The summed E-state index contributed by atoms with van der Waals surface area (Å²) in [6.45, 7) is 2.79. The number of pyridine rings is 1. The van der Waals surface area contributed by atoms with Gasteiger partial charge in [-0.25, -0.2) is 4.98 Å². The molecule has 1 aliphatic rings. The molecular weight excluding hydrogens is 328 g/mol. The minimum absolute atomic E-state index is 0.431. The van der Waals surface area contributed by atoms with Crippen molar-refractivity contribution in [2.45, 2.75) is 32.2 Å². The van der Waals surface area contributed by atoms with Crippen molar-refractivity contribution in [1.82, 2.24) is 24.7 Å². The third-order valence-electron chi connectivity index (χ3n) is 4.81. The van der Waals surface area contributed by atoms with E-state index in [1.54, 1.807) is 10.9 Å². The summed E-state index contributed by atoms with van der Waals surface area (Å²) in [6.07, 6.45) is 8.74. The summed E-state index contributed by atoms with van der Waals surface area (Å²) in [4.78, 5) is 15.8. The van der Waals surface area contributed by atoms with Crippen LogP contribution in [0.5, 0.6) is 0 Å². The minimum atomic E-state index is 0.431. The Kier molecular flexibility index (Phi) is 4.55. The summed E-state index contributed by atoms with van der Waals surface area (Å²) in [5.41, 5.74) is 7.79. The highest BCUT2D eigenvalue weighted by Crippen LogP contribution is 2.20. The Morgan fingerprint density at radius 3 is 2.62 bits per heavy atom. The Hall–Kier alpha value is -2.90. The molecule has 1 saturated heterocycles. The topological polar surface area (TPSA) is 97.8 Å². The lowest BCUT2D eigenvalue weighted by atomic mass is 10.2. The van der Waals surface area contributed by atoms with E-state index in [1.165, 1.54) is 25.7 Å². The van der Waals surface area contributed by atoms with E-state index in [0.29, 0.717) is 18.3 Å². The molecule has 0 radical (unpaired) electrons. The molecule has 0 unspecified atom stereocenters. The number of nitrogen functional groups attached to an aromatic ring is 1. The van der Waals surface area contributed by atoms with Crippen molar-refractivity contribution in [3.8, 4) is 0 Å². The third kappa shape index (κ3) is 3.40. The van der Waals surface area contributed by atoms with Crippen LogP contribution in [0.3, 0.4) is 0 Å². The van der Waals surface area contributed by atoms with Gasteiger partial charge < -0.3 is 16.0 Å². The second kappa shape index (κ2) is 7.15. The van der Waals surface area contributed by atoms with Gasteiger partial charge in [-0.1, -0.05) is 18.9 Å². The average Bonchev–Trinajstić information content (AvgIpc) is 2.86. The van der Waals surface area contributed by atoms with E-state index in [1.807, 2.05) is 13.2 Å². The van der Waals surface area contributed by atoms with Crippen LogP contribution in [0, 0.1) is 0 Å². The predicted molar refractivity (Wildman–Crippen MR) is 103 cm³/mol. The molecule has 8 heteroatoms. The molecule has 26 heavy (non-hydrogen) atoms. The van der Waals surface area contributed by atoms with E-state index < -0.39 is 0 Å². The largest absolute Gasteiger partial charge is 0.383 e. The van der Waals surface area contributed by atoms with E-state index in [9.17, 15) is 0 Å². The summed E-state index contributed by atoms with van der Waals surface area (Å²) < 4.78 is 1.69. The Morgan fingerprint density at radius 2 is 1.88 bits per heavy atom. The van der Waals surface area contributed by atoms with E-state index in [0.717, 1.165) is 35.5 Å². The molecule has 1 fully saturated rings. The van der Waals surface area contributed by atoms with Gasteiger partial charge in [0, 0.05) is 32.9 Å². The molecule has 8 nitrogen and oxygen atoms in total. The van der Waals surface area contributed by atoms with Crippen molar-refractivity contribution in [3.05, 3.63) is 30.1 Å². The van der Waals surface area contributed by atoms with Gasteiger partial charge in [0.1, 0.15) is 11.6 Å². The maximum absolute atomic E-state index is 5.99. The first-order valence-electron chi connectivity index (χ1n) is 9.10. The number of nitrogens with two attached hydrogens (primary N) is 1. The fourth-order valence-electron chi connectivity index (χ4n) is 3.31. The number of nitrogens with zero attached hydrogens (tertiary/aromatic N) is 6. The zero-order chi connectivity index (χ0) is 17.9. The zero-order valence-corrected chi connectivity index (χ0v) is 15.0. The van der Waals surface area contributed by atoms with Crippen LogP contribution < -0.4 is 16.0 Å². The van der Waals surface area contributed by atoms with E-state index in [-0.39, 0.29) is 0 Å². The van der Waals surface area contributed by atoms with Crippen molar-refractivity contribution in [2.24, 2.45) is 7.05 Å². The van der Waals surface area contributed by atoms with E-state index in [4.69, 9.17) is 5.73 Å². The highest BCUT2D eigenvalue weighted by Gasteiger charge is 2.11. The standard InChI is InChI=1S/C18H24N8/c1-25-17-14(12-22-25)16(19)23-18(24-17)21-11-13-6-7-15(20-10-13)26-8-4-2-3-5-9-26/h6-7,10,12H,2-5,8-9,11H2,1H3,(H3,19,21,23,24). The molecule has 0 spiro atoms. The number of nitrogens with one attached hydrogen (secondary N) is 1. The summed E-state index contributed by atoms with van der Waals surface area (Å²) in [5, 5.41) is 8.16. The molecule has 3 N–H and O–H groups in total. The van der Waals surface area contributed by atoms with Crippen molar-refractivity contribution in [3.63, 3.8) is 0 Å². The Bertz CT molecular complexity index is 878. The van der Waals surface area contributed by atoms with Crippen molar-refractivity contribution in [1.29, 1.82) is 0 Å². The molecule has 4 heterocycles. The van der Waals surface area contributed by atoms with Crippen LogP contribution in [-0.4, -0.2) is 37.8 Å². The summed E-state index contributed by atoms with van der Waals surface area (Å²) >= 11 is 0. The number of aryl methyl sites for hydroxylation is 1. The number of fused-ring (bicyclic) bond motifs is 1. The molecule has 0 aliphatic carbocycles. The maximum Gasteiger partial charge on any atom is 0.226 e. The van der Waals surface area contributed by atoms with Gasteiger partial charge in [0.15, 0.2) is 5.65 Å². The quantitative estimate of drug-likeness (QED) is 0.743. The number of hydrogen-bond acceptors (Lipinski definition) is 7. The van der Waals surface area contributed by atoms with Gasteiger partial charge in [-0.15, -0.1) is 0 Å². The highest BCUT2D eigenvalue weighted by molar-refractivity contribution is 5.86. The Labute approximate surface area is 152 Å². The van der Waals surface area contributed by atoms with Crippen LogP contribution in [-0.2, 0) is 13.6 Å². The molecular formula is C18H24N8. The van der Waals surface area contributed by atoms with Gasteiger partial charge in [0.2, 0.25) is 5.95 Å². The first-order chi connectivity index (χ1) is 12.7. The lowest BCUT2D eigenvalue weighted by molar-refractivity contribution is 0.726. The van der Waals surface area contributed by atoms with Gasteiger partial charge in [-0.05, 0) is 24.5 Å². The summed E-state index contributed by atoms with van der Waals surface area (Å²) in [5.74, 6) is 1.99. The van der Waals surface area contributed by atoms with Crippen LogP contribution in [0.2, 0.25) is 0 Å². The van der Waals surface area contributed by atoms with Gasteiger partial charge in [0.25, 0.3) is 0 Å². The predicted octanol–water partition coefficient (Wildman–Crippen LogP) is 2.33. The van der Waals surface area contributed by atoms with Crippen LogP contribution >= 0.6 is 0 Å². The molecule has 0 atom stereocenters. The van der Waals surface area contributed by atoms with Crippen LogP contribution in [0.25, 0.3) is 11.0 Å². The summed E-state index contributed by atoms with van der Waals surface area (Å²) in [6, 6.07) is 4.20. The van der Waals surface area contributed by atoms with Gasteiger partial charge in [-0.3, -0.25) is 4.68 Å². The summed E-state index contributed by atoms with van der Waals surface area (Å²) in [7, 11) is 1.84. The number of anilines is 3. The van der Waals surface area contributed by atoms with Gasteiger partial charge in [-0.2, -0.15) is 15.1 Å². The fourth-order valence-corrected chi connectivity index (χ4v) is 3.31. The lowest BCUT2D eigenvalue weighted by Crippen LogP contribution is -2.24. The van der Waals surface area contributed by atoms with E-state index in [2.05, 4.69) is 42.4 Å². The molecule has 0 saturated carbocycles. The number of aromatic nitrogens is 5. The number of rotatable bonds is 4. The maximum atomic E-state index is 5.99. The second-order valence-corrected chi connectivity index (χ2v) is 6.72. The number of hydrogen-bond donors (Lipinski definition) is 2. The Balaban J connectivity index is 1.44. The van der Waals surface area contributed by atoms with Crippen molar-refractivity contribution >= 4 is 28.6 Å². The highest BCUT2D eigenvalue weighted by atomic mass is 15.3. The minimum Gasteiger partial charge on any atom is -0.383 e. The molecule has 0 aromatic carbocycles. The molecule has 3 aromatic rings. The molecule has 3 aromatic heterocycles. The van der Waals surface area contributed by atoms with Crippen molar-refractivity contribution in [2.75, 3.05) is 29.0 Å². The fraction of sp³-hybridized carbons (Fsp3) is 0.444. The molecule has 1 aliphatic heterocycles.